The van der Waals surface area contributed by atoms with Crippen LogP contribution in [-0.2, 0) is 0 Å². The fraction of sp³-hybridized carbons (Fsp3) is 0. The first kappa shape index (κ1) is 27.8. The molecule has 5 heterocycles. The Morgan fingerprint density at radius 1 is 0.415 bits per heavy atom. The first-order valence-corrected chi connectivity index (χ1v) is 18.8. The number of hydrogen-bond acceptors (Lipinski definition) is 3. The fourth-order valence-corrected chi connectivity index (χ4v) is 10.3. The first-order chi connectivity index (χ1) is 26.3. The molecule has 13 aromatic rings. The van der Waals surface area contributed by atoms with Gasteiger partial charge in [0.15, 0.2) is 0 Å². The van der Waals surface area contributed by atoms with Gasteiger partial charge in [0.05, 0.1) is 33.3 Å². The second kappa shape index (κ2) is 9.94. The maximum Gasteiger partial charge on any atom is 0.236 e. The number of benzene rings is 8. The van der Waals surface area contributed by atoms with E-state index in [1.165, 1.54) is 80.5 Å². The quantitative estimate of drug-likeness (QED) is 0.181. The summed E-state index contributed by atoms with van der Waals surface area (Å²) in [7, 11) is 0. The van der Waals surface area contributed by atoms with Gasteiger partial charge in [-0.3, -0.25) is 4.57 Å². The fourth-order valence-electron chi connectivity index (χ4n) is 9.22. The molecule has 0 fully saturated rings. The molecule has 0 amide bonds. The highest BCUT2D eigenvalue weighted by Gasteiger charge is 2.26. The number of aromatic nitrogens is 4. The molecule has 13 rings (SSSR count). The summed E-state index contributed by atoms with van der Waals surface area (Å²) in [6.07, 6.45) is 0. The van der Waals surface area contributed by atoms with E-state index in [0.717, 1.165) is 32.5 Å². The topological polar surface area (TPSA) is 35.1 Å². The molecule has 0 N–H and O–H groups in total. The third-order valence-electron chi connectivity index (χ3n) is 11.4. The van der Waals surface area contributed by atoms with Crippen LogP contribution in [0.5, 0.6) is 0 Å². The van der Waals surface area contributed by atoms with Crippen LogP contribution in [0, 0.1) is 0 Å². The smallest absolute Gasteiger partial charge is 0.236 e. The molecule has 5 heteroatoms. The van der Waals surface area contributed by atoms with Crippen LogP contribution in [-0.4, -0.2) is 18.9 Å². The van der Waals surface area contributed by atoms with Crippen LogP contribution in [0.25, 0.3) is 119 Å². The Bertz CT molecular complexity index is 3700. The summed E-state index contributed by atoms with van der Waals surface area (Å²) < 4.78 is 6.07. The predicted molar refractivity (Wildman–Crippen MR) is 224 cm³/mol. The van der Waals surface area contributed by atoms with Crippen molar-refractivity contribution in [2.45, 2.75) is 0 Å². The molecule has 4 nitrogen and oxygen atoms in total. The Balaban J connectivity index is 1.24. The minimum absolute atomic E-state index is 0.687. The Hall–Kier alpha value is -6.82. The first-order valence-electron chi connectivity index (χ1n) is 18.0. The maximum absolute atomic E-state index is 5.61. The normalized spacial score (nSPS) is 12.5. The molecular weight excluding hydrogens is 665 g/mol. The second-order valence-corrected chi connectivity index (χ2v) is 15.2. The van der Waals surface area contributed by atoms with Crippen LogP contribution < -0.4 is 0 Å². The zero-order valence-electron chi connectivity index (χ0n) is 28.2. The third-order valence-corrected chi connectivity index (χ3v) is 12.5. The van der Waals surface area contributed by atoms with Crippen LogP contribution in [0.3, 0.4) is 0 Å². The van der Waals surface area contributed by atoms with E-state index in [1.54, 1.807) is 11.3 Å². The molecule has 5 aromatic heterocycles. The van der Waals surface area contributed by atoms with Gasteiger partial charge in [-0.1, -0.05) is 127 Å². The number of nitrogens with zero attached hydrogens (tertiary/aromatic N) is 4. The van der Waals surface area contributed by atoms with Crippen molar-refractivity contribution in [3.8, 4) is 17.2 Å². The van der Waals surface area contributed by atoms with E-state index >= 15 is 0 Å². The lowest BCUT2D eigenvalue weighted by atomic mass is 10.0. The highest BCUT2D eigenvalue weighted by atomic mass is 32.1. The van der Waals surface area contributed by atoms with Gasteiger partial charge >= 0.3 is 0 Å². The van der Waals surface area contributed by atoms with E-state index in [0.29, 0.717) is 5.95 Å². The molecule has 0 saturated heterocycles. The molecule has 0 radical (unpaired) electrons. The lowest BCUT2D eigenvalue weighted by molar-refractivity contribution is 1.02. The summed E-state index contributed by atoms with van der Waals surface area (Å²) in [5.74, 6) is 0.687. The summed E-state index contributed by atoms with van der Waals surface area (Å²) in [6.45, 7) is 0. The maximum atomic E-state index is 5.61. The lowest BCUT2D eigenvalue weighted by Crippen LogP contribution is -2.03. The van der Waals surface area contributed by atoms with Crippen LogP contribution in [0.2, 0.25) is 0 Å². The van der Waals surface area contributed by atoms with Gasteiger partial charge in [-0.25, -0.2) is 9.97 Å². The molecule has 0 saturated carbocycles. The van der Waals surface area contributed by atoms with Gasteiger partial charge in [-0.2, -0.15) is 0 Å². The van der Waals surface area contributed by atoms with Gasteiger partial charge in [-0.15, -0.1) is 11.3 Å². The van der Waals surface area contributed by atoms with Gasteiger partial charge in [-0.05, 0) is 46.5 Å². The zero-order chi connectivity index (χ0) is 34.4. The number of fused-ring (bicyclic) bond motifs is 16. The lowest BCUT2D eigenvalue weighted by Gasteiger charge is -2.11. The molecule has 0 aliphatic carbocycles. The summed E-state index contributed by atoms with van der Waals surface area (Å²) >= 11 is 1.74. The summed E-state index contributed by atoms with van der Waals surface area (Å²) in [6, 6.07) is 57.3. The SMILES string of the molecule is c1ccc2cc(-c3nc(-n4c5ccccc5c5cc6c7ccc8ccccc8c7n7c8ccccc8c(c54)c67)nc4sc5ccccc5c34)ccc2c1. The van der Waals surface area contributed by atoms with Crippen LogP contribution >= 0.6 is 11.3 Å². The molecule has 244 valence electrons. The predicted octanol–water partition coefficient (Wildman–Crippen LogP) is 13.1. The number of para-hydroxylation sites is 2. The van der Waals surface area contributed by atoms with Gasteiger partial charge < -0.3 is 4.40 Å². The van der Waals surface area contributed by atoms with Crippen molar-refractivity contribution in [1.82, 2.24) is 18.9 Å². The van der Waals surface area contributed by atoms with E-state index in [4.69, 9.17) is 9.97 Å². The molecular formula is C48H26N4S. The molecule has 0 atom stereocenters. The Morgan fingerprint density at radius 2 is 1.09 bits per heavy atom. The average molecular weight is 691 g/mol. The Morgan fingerprint density at radius 3 is 1.98 bits per heavy atom. The minimum atomic E-state index is 0.687. The second-order valence-electron chi connectivity index (χ2n) is 14.1. The number of rotatable bonds is 2. The van der Waals surface area contributed by atoms with Crippen LogP contribution in [0.15, 0.2) is 158 Å². The summed E-state index contributed by atoms with van der Waals surface area (Å²) in [4.78, 5) is 12.1. The van der Waals surface area contributed by atoms with E-state index in [1.807, 2.05) is 0 Å². The summed E-state index contributed by atoms with van der Waals surface area (Å²) in [5.41, 5.74) is 7.99. The number of thiophene rings is 1. The van der Waals surface area contributed by atoms with Crippen LogP contribution in [0.4, 0.5) is 0 Å². The van der Waals surface area contributed by atoms with Crippen molar-refractivity contribution in [2.24, 2.45) is 0 Å². The highest BCUT2D eigenvalue weighted by Crippen LogP contribution is 2.48. The van der Waals surface area contributed by atoms with Gasteiger partial charge in [0.25, 0.3) is 0 Å². The van der Waals surface area contributed by atoms with Crippen molar-refractivity contribution in [1.29, 1.82) is 0 Å². The van der Waals surface area contributed by atoms with Crippen molar-refractivity contribution >= 4 is 113 Å². The Kier molecular flexibility index (Phi) is 5.22. The van der Waals surface area contributed by atoms with Gasteiger partial charge in [0, 0.05) is 58.7 Å². The summed E-state index contributed by atoms with van der Waals surface area (Å²) in [5, 5.41) is 14.6. The molecule has 0 bridgehead atoms. The minimum Gasteiger partial charge on any atom is -0.307 e. The van der Waals surface area contributed by atoms with Crippen molar-refractivity contribution in [3.63, 3.8) is 0 Å². The van der Waals surface area contributed by atoms with Crippen molar-refractivity contribution in [3.05, 3.63) is 158 Å². The van der Waals surface area contributed by atoms with E-state index in [2.05, 4.69) is 167 Å². The standard InChI is InChI=1S/C48H26N4S/c1-2-13-29-25-30(22-21-27(29)11-1)43-41-35-17-7-10-20-40(35)53-47(41)50-48(49-43)52-38-18-8-5-15-32(38)36-26-37-33-24-23-28-12-3-4-14-31(28)44(33)51-39-19-9-6-16-34(39)42(45(37)51)46(36)52/h1-26H. The molecule has 53 heavy (non-hydrogen) atoms. The highest BCUT2D eigenvalue weighted by molar-refractivity contribution is 7.25. The Labute approximate surface area is 305 Å². The number of hydrogen-bond donors (Lipinski definition) is 0. The molecule has 0 unspecified atom stereocenters. The van der Waals surface area contributed by atoms with E-state index in [9.17, 15) is 0 Å². The van der Waals surface area contributed by atoms with E-state index < -0.39 is 0 Å². The molecule has 0 spiro atoms. The average Bonchev–Trinajstić information content (AvgIpc) is 3.95. The van der Waals surface area contributed by atoms with Crippen molar-refractivity contribution in [2.75, 3.05) is 0 Å². The molecule has 0 aliphatic rings. The van der Waals surface area contributed by atoms with Gasteiger partial charge in [0.1, 0.15) is 4.83 Å². The zero-order valence-corrected chi connectivity index (χ0v) is 29.0. The largest absolute Gasteiger partial charge is 0.307 e. The molecule has 0 aliphatic heterocycles. The third kappa shape index (κ3) is 3.54. The monoisotopic (exact) mass is 690 g/mol. The van der Waals surface area contributed by atoms with Crippen LogP contribution in [0.1, 0.15) is 0 Å². The molecule has 8 aromatic carbocycles. The van der Waals surface area contributed by atoms with Gasteiger partial charge in [0.2, 0.25) is 5.95 Å². The van der Waals surface area contributed by atoms with E-state index in [-0.39, 0.29) is 0 Å². The van der Waals surface area contributed by atoms with Crippen molar-refractivity contribution < 1.29 is 0 Å².